The smallest absolute Gasteiger partial charge is 0.137 e. The van der Waals surface area contributed by atoms with E-state index in [1.54, 1.807) is 0 Å². The summed E-state index contributed by atoms with van der Waals surface area (Å²) in [7, 11) is 0. The molecule has 6 heteroatoms. The highest BCUT2D eigenvalue weighted by Gasteiger charge is 2.23. The number of aliphatic hydroxyl groups is 1. The summed E-state index contributed by atoms with van der Waals surface area (Å²) < 4.78 is 2.93. The third-order valence-electron chi connectivity index (χ3n) is 3.92. The predicted molar refractivity (Wildman–Crippen MR) is 82.9 cm³/mol. The van der Waals surface area contributed by atoms with E-state index in [2.05, 4.69) is 49.0 Å². The molecule has 20 heavy (non-hydrogen) atoms. The molecule has 0 atom stereocenters. The van der Waals surface area contributed by atoms with Gasteiger partial charge in [0.05, 0.1) is 23.0 Å². The second-order valence-corrected chi connectivity index (χ2v) is 6.07. The number of nitrogens with zero attached hydrogens (tertiary/aromatic N) is 3. The largest absolute Gasteiger partial charge is 0.393 e. The van der Waals surface area contributed by atoms with Crippen LogP contribution in [-0.4, -0.2) is 32.5 Å². The van der Waals surface area contributed by atoms with Gasteiger partial charge in [-0.3, -0.25) is 4.68 Å². The molecule has 2 aromatic rings. The molecule has 3 rings (SSSR count). The van der Waals surface area contributed by atoms with Gasteiger partial charge in [0.25, 0.3) is 0 Å². The Bertz CT molecular complexity index is 604. The highest BCUT2D eigenvalue weighted by atomic mass is 79.9. The first-order valence-electron chi connectivity index (χ1n) is 7.14. The van der Waals surface area contributed by atoms with Crippen molar-refractivity contribution in [3.8, 4) is 0 Å². The Kier molecular flexibility index (Phi) is 3.94. The summed E-state index contributed by atoms with van der Waals surface area (Å²) in [4.78, 5) is 4.39. The molecule has 0 saturated heterocycles. The number of pyridine rings is 1. The summed E-state index contributed by atoms with van der Waals surface area (Å²) in [5.41, 5.74) is 1.10. The van der Waals surface area contributed by atoms with Crippen LogP contribution in [0.5, 0.6) is 0 Å². The van der Waals surface area contributed by atoms with Crippen LogP contribution in [0.15, 0.2) is 16.9 Å². The van der Waals surface area contributed by atoms with Gasteiger partial charge < -0.3 is 10.4 Å². The molecule has 1 fully saturated rings. The molecule has 1 saturated carbocycles. The van der Waals surface area contributed by atoms with E-state index in [9.17, 15) is 5.11 Å². The highest BCUT2D eigenvalue weighted by molar-refractivity contribution is 9.10. The fourth-order valence-corrected chi connectivity index (χ4v) is 3.33. The van der Waals surface area contributed by atoms with Crippen molar-refractivity contribution in [2.75, 3.05) is 11.9 Å². The van der Waals surface area contributed by atoms with Gasteiger partial charge in [-0.1, -0.05) is 0 Å². The number of hydrogen-bond acceptors (Lipinski definition) is 4. The molecule has 5 nitrogen and oxygen atoms in total. The molecular formula is C14H19BrN4O. The summed E-state index contributed by atoms with van der Waals surface area (Å²) >= 11 is 3.52. The summed E-state index contributed by atoms with van der Waals surface area (Å²) in [5.74, 6) is 0.879. The SMILES string of the molecule is CCNc1cc2c(cn1)c(Br)nn2C1CCC(O)CC1. The van der Waals surface area contributed by atoms with Gasteiger partial charge in [0, 0.05) is 18.8 Å². The maximum atomic E-state index is 9.65. The molecule has 0 bridgehead atoms. The molecular weight excluding hydrogens is 320 g/mol. The van der Waals surface area contributed by atoms with Crippen LogP contribution in [0.2, 0.25) is 0 Å². The number of rotatable bonds is 3. The first-order chi connectivity index (χ1) is 9.69. The summed E-state index contributed by atoms with van der Waals surface area (Å²) in [5, 5.41) is 18.5. The minimum Gasteiger partial charge on any atom is -0.393 e. The van der Waals surface area contributed by atoms with Crippen molar-refractivity contribution < 1.29 is 5.11 Å². The van der Waals surface area contributed by atoms with E-state index in [0.717, 1.165) is 53.6 Å². The van der Waals surface area contributed by atoms with Gasteiger partial charge in [0.1, 0.15) is 10.4 Å². The molecule has 0 aliphatic heterocycles. The molecule has 0 radical (unpaired) electrons. The molecule has 2 aromatic heterocycles. The summed E-state index contributed by atoms with van der Waals surface area (Å²) in [6.45, 7) is 2.91. The maximum absolute atomic E-state index is 9.65. The van der Waals surface area contributed by atoms with Crippen molar-refractivity contribution in [2.24, 2.45) is 0 Å². The number of halogens is 1. The van der Waals surface area contributed by atoms with E-state index < -0.39 is 0 Å². The van der Waals surface area contributed by atoms with E-state index in [0.29, 0.717) is 6.04 Å². The lowest BCUT2D eigenvalue weighted by molar-refractivity contribution is 0.109. The Morgan fingerprint density at radius 1 is 1.40 bits per heavy atom. The molecule has 1 aliphatic carbocycles. The Morgan fingerprint density at radius 2 is 2.15 bits per heavy atom. The van der Waals surface area contributed by atoms with Gasteiger partial charge >= 0.3 is 0 Å². The maximum Gasteiger partial charge on any atom is 0.137 e. The first kappa shape index (κ1) is 13.8. The Balaban J connectivity index is 1.99. The van der Waals surface area contributed by atoms with Gasteiger partial charge in [-0.2, -0.15) is 5.10 Å². The minimum absolute atomic E-state index is 0.143. The number of fused-ring (bicyclic) bond motifs is 1. The number of anilines is 1. The zero-order chi connectivity index (χ0) is 14.1. The molecule has 0 spiro atoms. The lowest BCUT2D eigenvalue weighted by Crippen LogP contribution is -2.21. The van der Waals surface area contributed by atoms with E-state index in [1.165, 1.54) is 0 Å². The average Bonchev–Trinajstić information content (AvgIpc) is 2.77. The van der Waals surface area contributed by atoms with E-state index in [4.69, 9.17) is 0 Å². The Hall–Kier alpha value is -1.14. The van der Waals surface area contributed by atoms with Crippen LogP contribution in [0, 0.1) is 0 Å². The average molecular weight is 339 g/mol. The van der Waals surface area contributed by atoms with Crippen LogP contribution in [0.1, 0.15) is 38.6 Å². The normalized spacial score (nSPS) is 23.1. The number of nitrogens with one attached hydrogen (secondary N) is 1. The van der Waals surface area contributed by atoms with E-state index in [1.807, 2.05) is 6.20 Å². The number of aliphatic hydroxyl groups excluding tert-OH is 1. The van der Waals surface area contributed by atoms with Crippen LogP contribution >= 0.6 is 15.9 Å². The molecule has 2 heterocycles. The standard InChI is InChI=1S/C14H19BrN4O/c1-2-16-13-7-12-11(8-17-13)14(15)18-19(12)9-3-5-10(20)6-4-9/h7-10,20H,2-6H2,1H3,(H,16,17). The molecule has 108 valence electrons. The van der Waals surface area contributed by atoms with Crippen LogP contribution in [0.3, 0.4) is 0 Å². The molecule has 0 amide bonds. The van der Waals surface area contributed by atoms with Crippen LogP contribution in [-0.2, 0) is 0 Å². The Morgan fingerprint density at radius 3 is 2.85 bits per heavy atom. The fourth-order valence-electron chi connectivity index (χ4n) is 2.85. The van der Waals surface area contributed by atoms with Crippen LogP contribution < -0.4 is 5.32 Å². The van der Waals surface area contributed by atoms with Gasteiger partial charge in [-0.25, -0.2) is 4.98 Å². The van der Waals surface area contributed by atoms with Crippen LogP contribution in [0.4, 0.5) is 5.82 Å². The minimum atomic E-state index is -0.143. The topological polar surface area (TPSA) is 63.0 Å². The molecule has 0 unspecified atom stereocenters. The fraction of sp³-hybridized carbons (Fsp3) is 0.571. The lowest BCUT2D eigenvalue weighted by Gasteiger charge is -2.26. The van der Waals surface area contributed by atoms with E-state index in [-0.39, 0.29) is 6.10 Å². The number of aromatic nitrogens is 3. The molecule has 1 aliphatic rings. The third-order valence-corrected chi connectivity index (χ3v) is 4.50. The van der Waals surface area contributed by atoms with Crippen LogP contribution in [0.25, 0.3) is 10.9 Å². The van der Waals surface area contributed by atoms with E-state index >= 15 is 0 Å². The predicted octanol–water partition coefficient (Wildman–Crippen LogP) is 3.10. The van der Waals surface area contributed by atoms with Crippen molar-refractivity contribution in [1.82, 2.24) is 14.8 Å². The first-order valence-corrected chi connectivity index (χ1v) is 7.94. The summed E-state index contributed by atoms with van der Waals surface area (Å²) in [6, 6.07) is 2.42. The van der Waals surface area contributed by atoms with Gasteiger partial charge in [0.15, 0.2) is 0 Å². The molecule has 2 N–H and O–H groups in total. The lowest BCUT2D eigenvalue weighted by atomic mass is 9.93. The monoisotopic (exact) mass is 338 g/mol. The third kappa shape index (κ3) is 2.54. The van der Waals surface area contributed by atoms with Crippen molar-refractivity contribution >= 4 is 32.7 Å². The quantitative estimate of drug-likeness (QED) is 0.902. The van der Waals surface area contributed by atoms with Crippen molar-refractivity contribution in [3.63, 3.8) is 0 Å². The van der Waals surface area contributed by atoms with Gasteiger partial charge in [-0.05, 0) is 48.5 Å². The van der Waals surface area contributed by atoms with Crippen molar-refractivity contribution in [3.05, 3.63) is 16.9 Å². The molecule has 0 aromatic carbocycles. The van der Waals surface area contributed by atoms with Crippen molar-refractivity contribution in [1.29, 1.82) is 0 Å². The second kappa shape index (κ2) is 5.69. The van der Waals surface area contributed by atoms with Gasteiger partial charge in [0.2, 0.25) is 0 Å². The van der Waals surface area contributed by atoms with Gasteiger partial charge in [-0.15, -0.1) is 0 Å². The summed E-state index contributed by atoms with van der Waals surface area (Å²) in [6.07, 6.45) is 5.38. The second-order valence-electron chi connectivity index (χ2n) is 5.31. The highest BCUT2D eigenvalue weighted by Crippen LogP contribution is 2.33. The zero-order valence-corrected chi connectivity index (χ0v) is 13.1. The number of hydrogen-bond donors (Lipinski definition) is 2. The Labute approximate surface area is 126 Å². The van der Waals surface area contributed by atoms with Crippen molar-refractivity contribution in [2.45, 2.75) is 44.8 Å². The zero-order valence-electron chi connectivity index (χ0n) is 11.5.